The standard InChI is InChI=1S/C26H29BrF5N3O3/c1-22(2,29)21-33-20(34-38-21)24-8-5-23(6-9-24,7-10-24)14-35(16-3-4-18(28)17(27)11-16)19(36)15-12-25(37,13-15)26(30,31)32/h3-4,11,15,37H,5-10,12-14H2,1-2H3/t15-,23?,24?,25+. The third-order valence-corrected chi connectivity index (χ3v) is 9.44. The van der Waals surface area contributed by atoms with E-state index in [0.717, 1.165) is 0 Å². The summed E-state index contributed by atoms with van der Waals surface area (Å²) in [7, 11) is 0. The Morgan fingerprint density at radius 2 is 1.74 bits per heavy atom. The molecule has 2 aromatic rings. The number of fused-ring (bicyclic) bond motifs is 3. The molecule has 4 saturated carbocycles. The van der Waals surface area contributed by atoms with Crippen LogP contribution in [0.15, 0.2) is 27.2 Å². The lowest BCUT2D eigenvalue weighted by Gasteiger charge is -2.54. The molecule has 4 fully saturated rings. The van der Waals surface area contributed by atoms with E-state index in [-0.39, 0.29) is 27.7 Å². The number of rotatable bonds is 6. The summed E-state index contributed by atoms with van der Waals surface area (Å²) in [5, 5.41) is 14.0. The summed E-state index contributed by atoms with van der Waals surface area (Å²) >= 11 is 3.14. The van der Waals surface area contributed by atoms with Crippen LogP contribution < -0.4 is 4.90 Å². The molecule has 0 spiro atoms. The van der Waals surface area contributed by atoms with Gasteiger partial charge < -0.3 is 14.5 Å². The van der Waals surface area contributed by atoms with Crippen LogP contribution in [0.25, 0.3) is 0 Å². The monoisotopic (exact) mass is 605 g/mol. The molecule has 4 aliphatic carbocycles. The third kappa shape index (κ3) is 4.65. The Morgan fingerprint density at radius 1 is 1.13 bits per heavy atom. The summed E-state index contributed by atoms with van der Waals surface area (Å²) in [5.74, 6) is -1.60. The fourth-order valence-corrected chi connectivity index (χ4v) is 6.55. The lowest BCUT2D eigenvalue weighted by Crippen LogP contribution is -2.60. The van der Waals surface area contributed by atoms with Crippen LogP contribution >= 0.6 is 15.9 Å². The maximum atomic E-state index is 14.3. The molecule has 1 amide bonds. The normalized spacial score (nSPS) is 31.2. The van der Waals surface area contributed by atoms with Crippen LogP contribution in [0.4, 0.5) is 27.6 Å². The maximum absolute atomic E-state index is 14.3. The van der Waals surface area contributed by atoms with Gasteiger partial charge in [0, 0.05) is 23.6 Å². The highest BCUT2D eigenvalue weighted by molar-refractivity contribution is 9.10. The lowest BCUT2D eigenvalue weighted by atomic mass is 9.53. The van der Waals surface area contributed by atoms with Gasteiger partial charge in [-0.1, -0.05) is 5.16 Å². The van der Waals surface area contributed by atoms with Gasteiger partial charge in [0.2, 0.25) is 5.91 Å². The van der Waals surface area contributed by atoms with Gasteiger partial charge in [0.1, 0.15) is 5.82 Å². The number of amides is 1. The first-order valence-corrected chi connectivity index (χ1v) is 13.5. The molecule has 12 heteroatoms. The molecule has 0 unspecified atom stereocenters. The molecule has 2 bridgehead atoms. The molecule has 6 rings (SSSR count). The molecule has 1 N–H and O–H groups in total. The van der Waals surface area contributed by atoms with Crippen LogP contribution in [0.1, 0.15) is 76.9 Å². The molecule has 1 aromatic heterocycles. The molecule has 0 aliphatic heterocycles. The second-order valence-corrected chi connectivity index (χ2v) is 12.7. The van der Waals surface area contributed by atoms with Crippen LogP contribution in [0.2, 0.25) is 0 Å². The quantitative estimate of drug-likeness (QED) is 0.380. The van der Waals surface area contributed by atoms with E-state index in [4.69, 9.17) is 4.52 Å². The highest BCUT2D eigenvalue weighted by Gasteiger charge is 2.63. The van der Waals surface area contributed by atoms with E-state index < -0.39 is 47.9 Å². The summed E-state index contributed by atoms with van der Waals surface area (Å²) in [4.78, 5) is 19.3. The first-order valence-electron chi connectivity index (χ1n) is 12.7. The van der Waals surface area contributed by atoms with Gasteiger partial charge in [0.15, 0.2) is 17.1 Å². The van der Waals surface area contributed by atoms with E-state index in [1.165, 1.54) is 36.9 Å². The van der Waals surface area contributed by atoms with Gasteiger partial charge in [-0.25, -0.2) is 8.78 Å². The molecule has 0 atom stereocenters. The van der Waals surface area contributed by atoms with Crippen molar-refractivity contribution < 1.29 is 36.4 Å². The van der Waals surface area contributed by atoms with Gasteiger partial charge in [-0.05, 0) is 105 Å². The van der Waals surface area contributed by atoms with Crippen molar-refractivity contribution in [2.24, 2.45) is 11.3 Å². The molecule has 6 nitrogen and oxygen atoms in total. The van der Waals surface area contributed by atoms with E-state index in [1.54, 1.807) is 0 Å². The highest BCUT2D eigenvalue weighted by Crippen LogP contribution is 2.58. The van der Waals surface area contributed by atoms with E-state index in [9.17, 15) is 31.9 Å². The van der Waals surface area contributed by atoms with E-state index >= 15 is 0 Å². The lowest BCUT2D eigenvalue weighted by molar-refractivity contribution is -0.295. The number of nitrogens with zero attached hydrogens (tertiary/aromatic N) is 3. The number of carbonyl (C=O) groups excluding carboxylic acids is 1. The molecular weight excluding hydrogens is 577 g/mol. The van der Waals surface area contributed by atoms with Crippen molar-refractivity contribution in [2.45, 2.75) is 88.1 Å². The number of hydrogen-bond acceptors (Lipinski definition) is 5. The Kier molecular flexibility index (Phi) is 6.49. The van der Waals surface area contributed by atoms with Crippen molar-refractivity contribution in [2.75, 3.05) is 11.4 Å². The Hall–Kier alpha value is -2.08. The largest absolute Gasteiger partial charge is 0.417 e. The fraction of sp³-hybridized carbons (Fsp3) is 0.654. The fourth-order valence-electron chi connectivity index (χ4n) is 6.18. The number of aromatic nitrogens is 2. The number of anilines is 1. The van der Waals surface area contributed by atoms with Gasteiger partial charge in [-0.3, -0.25) is 4.79 Å². The zero-order chi connectivity index (χ0) is 27.7. The number of benzene rings is 1. The molecule has 0 saturated heterocycles. The molecule has 1 aromatic carbocycles. The van der Waals surface area contributed by atoms with Crippen molar-refractivity contribution in [1.29, 1.82) is 0 Å². The second-order valence-electron chi connectivity index (χ2n) is 11.8. The summed E-state index contributed by atoms with van der Waals surface area (Å²) < 4.78 is 73.3. The SMILES string of the molecule is CC(C)(F)c1nc(C23CCC(CN(c4ccc(F)c(Br)c4)C(=O)[C@H]4C[C@](O)(C(F)(F)F)C4)(CC2)CC3)no1. The number of hydrogen-bond donors (Lipinski definition) is 1. The number of halogens is 6. The Morgan fingerprint density at radius 3 is 2.24 bits per heavy atom. The van der Waals surface area contributed by atoms with Crippen LogP contribution in [0.3, 0.4) is 0 Å². The van der Waals surface area contributed by atoms with Crippen LogP contribution in [0.5, 0.6) is 0 Å². The summed E-state index contributed by atoms with van der Waals surface area (Å²) in [6.45, 7) is 2.97. The molecule has 0 radical (unpaired) electrons. The zero-order valence-electron chi connectivity index (χ0n) is 21.0. The smallest absolute Gasteiger partial charge is 0.380 e. The Bertz CT molecular complexity index is 1210. The van der Waals surface area contributed by atoms with Crippen molar-refractivity contribution in [3.05, 3.63) is 40.2 Å². The van der Waals surface area contributed by atoms with Crippen molar-refractivity contribution in [1.82, 2.24) is 10.1 Å². The summed E-state index contributed by atoms with van der Waals surface area (Å²) in [6, 6.07) is 4.10. The number of alkyl halides is 4. The molecule has 38 heavy (non-hydrogen) atoms. The predicted molar refractivity (Wildman–Crippen MR) is 130 cm³/mol. The topological polar surface area (TPSA) is 79.5 Å². The zero-order valence-corrected chi connectivity index (χ0v) is 22.6. The van der Waals surface area contributed by atoms with Crippen LogP contribution in [0, 0.1) is 17.2 Å². The van der Waals surface area contributed by atoms with Crippen molar-refractivity contribution in [3.63, 3.8) is 0 Å². The maximum Gasteiger partial charge on any atom is 0.417 e. The molecular formula is C26H29BrF5N3O3. The minimum absolute atomic E-state index is 0.0674. The van der Waals surface area contributed by atoms with E-state index in [0.29, 0.717) is 50.0 Å². The Labute approximate surface area is 225 Å². The van der Waals surface area contributed by atoms with Crippen LogP contribution in [-0.4, -0.2) is 39.5 Å². The van der Waals surface area contributed by atoms with Gasteiger partial charge in [-0.2, -0.15) is 18.2 Å². The van der Waals surface area contributed by atoms with Crippen molar-refractivity contribution in [3.8, 4) is 0 Å². The Balaban J connectivity index is 1.36. The van der Waals surface area contributed by atoms with E-state index in [2.05, 4.69) is 26.1 Å². The first kappa shape index (κ1) is 27.5. The minimum atomic E-state index is -4.81. The average molecular weight is 606 g/mol. The third-order valence-electron chi connectivity index (χ3n) is 8.83. The average Bonchev–Trinajstić information content (AvgIpc) is 3.34. The number of aliphatic hydroxyl groups is 1. The van der Waals surface area contributed by atoms with Gasteiger partial charge in [0.05, 0.1) is 4.47 Å². The minimum Gasteiger partial charge on any atom is -0.380 e. The predicted octanol–water partition coefficient (Wildman–Crippen LogP) is 6.50. The molecule has 1 heterocycles. The van der Waals surface area contributed by atoms with Gasteiger partial charge >= 0.3 is 6.18 Å². The van der Waals surface area contributed by atoms with Gasteiger partial charge in [-0.15, -0.1) is 0 Å². The van der Waals surface area contributed by atoms with Gasteiger partial charge in [0.25, 0.3) is 5.89 Å². The highest BCUT2D eigenvalue weighted by atomic mass is 79.9. The first-order chi connectivity index (χ1) is 17.6. The molecule has 4 aliphatic rings. The number of carbonyl (C=O) groups is 1. The molecule has 208 valence electrons. The van der Waals surface area contributed by atoms with Crippen molar-refractivity contribution >= 4 is 27.5 Å². The van der Waals surface area contributed by atoms with E-state index in [1.807, 2.05) is 0 Å². The summed E-state index contributed by atoms with van der Waals surface area (Å²) in [5.41, 5.74) is -4.88. The van der Waals surface area contributed by atoms with Crippen LogP contribution in [-0.2, 0) is 15.9 Å². The summed E-state index contributed by atoms with van der Waals surface area (Å²) in [6.07, 6.45) is -1.99. The second kappa shape index (κ2) is 8.97.